The molecule has 5 rings (SSSR count). The van der Waals surface area contributed by atoms with Crippen molar-refractivity contribution in [3.63, 3.8) is 0 Å². The average molecular weight is 395 g/mol. The quantitative estimate of drug-likeness (QED) is 0.425. The van der Waals surface area contributed by atoms with Gasteiger partial charge in [0.2, 0.25) is 0 Å². The third-order valence-electron chi connectivity index (χ3n) is 6.44. The van der Waals surface area contributed by atoms with Crippen LogP contribution < -0.4 is 4.35 Å². The van der Waals surface area contributed by atoms with Crippen molar-refractivity contribution in [3.8, 4) is 0 Å². The molecular formula is C18H22AsClNO2. The van der Waals surface area contributed by atoms with E-state index in [1.54, 1.807) is 12.1 Å². The molecule has 1 radical (unpaired) electrons. The van der Waals surface area contributed by atoms with Gasteiger partial charge >= 0.3 is 149 Å². The third-order valence-corrected chi connectivity index (χ3v) is 9.97. The molecule has 1 aromatic rings. The Morgan fingerprint density at radius 1 is 1.22 bits per heavy atom. The molecule has 0 N–H and O–H groups in total. The SMILES string of the molecule is CC([As]c1cc(Cl)ccc1[N+](=O)[O-])C12CC3CC(CC(C3)C1)C2. The second kappa shape index (κ2) is 5.77. The van der Waals surface area contributed by atoms with Crippen LogP contribution in [0.4, 0.5) is 5.69 Å². The second-order valence-electron chi connectivity index (χ2n) is 7.98. The Morgan fingerprint density at radius 3 is 2.30 bits per heavy atom. The van der Waals surface area contributed by atoms with Crippen LogP contribution in [-0.2, 0) is 0 Å². The van der Waals surface area contributed by atoms with Crippen LogP contribution >= 0.6 is 11.6 Å². The number of hydrogen-bond donors (Lipinski definition) is 0. The van der Waals surface area contributed by atoms with Gasteiger partial charge in [-0.2, -0.15) is 0 Å². The zero-order valence-corrected chi connectivity index (χ0v) is 16.0. The van der Waals surface area contributed by atoms with E-state index in [2.05, 4.69) is 6.92 Å². The van der Waals surface area contributed by atoms with Gasteiger partial charge in [0.05, 0.1) is 0 Å². The van der Waals surface area contributed by atoms with Crippen molar-refractivity contribution in [2.24, 2.45) is 23.2 Å². The molecule has 23 heavy (non-hydrogen) atoms. The number of benzene rings is 1. The van der Waals surface area contributed by atoms with E-state index < -0.39 is 0 Å². The molecule has 0 spiro atoms. The summed E-state index contributed by atoms with van der Waals surface area (Å²) in [5.41, 5.74) is 0.733. The fourth-order valence-electron chi connectivity index (χ4n) is 5.79. The molecule has 0 aliphatic heterocycles. The molecule has 4 fully saturated rings. The molecule has 5 heteroatoms. The number of nitrogens with zero attached hydrogens (tertiary/aromatic N) is 1. The first kappa shape index (κ1) is 16.0. The summed E-state index contributed by atoms with van der Waals surface area (Å²) in [6.45, 7) is 2.36. The van der Waals surface area contributed by atoms with Gasteiger partial charge in [0.1, 0.15) is 0 Å². The zero-order chi connectivity index (χ0) is 16.2. The molecule has 0 aromatic heterocycles. The Morgan fingerprint density at radius 2 is 1.78 bits per heavy atom. The van der Waals surface area contributed by atoms with Crippen molar-refractivity contribution in [3.05, 3.63) is 33.3 Å². The van der Waals surface area contributed by atoms with E-state index in [1.807, 2.05) is 6.07 Å². The van der Waals surface area contributed by atoms with Crippen LogP contribution in [0.5, 0.6) is 0 Å². The summed E-state index contributed by atoms with van der Waals surface area (Å²) in [6, 6.07) is 5.07. The maximum atomic E-state index is 11.3. The molecule has 1 atom stereocenters. The first-order valence-electron chi connectivity index (χ1n) is 8.60. The number of rotatable bonds is 4. The number of nitro benzene ring substituents is 1. The molecule has 0 amide bonds. The van der Waals surface area contributed by atoms with Crippen LogP contribution in [0.15, 0.2) is 18.2 Å². The summed E-state index contributed by atoms with van der Waals surface area (Å²) in [5, 5.41) is 12.0. The molecule has 0 saturated heterocycles. The number of hydrogen-bond acceptors (Lipinski definition) is 2. The van der Waals surface area contributed by atoms with E-state index in [0.717, 1.165) is 22.1 Å². The van der Waals surface area contributed by atoms with E-state index in [0.29, 0.717) is 15.1 Å². The van der Waals surface area contributed by atoms with Crippen molar-refractivity contribution < 1.29 is 4.92 Å². The van der Waals surface area contributed by atoms with Gasteiger partial charge in [-0.3, -0.25) is 0 Å². The third kappa shape index (κ3) is 2.85. The van der Waals surface area contributed by atoms with Crippen molar-refractivity contribution in [1.29, 1.82) is 0 Å². The number of nitro groups is 1. The molecule has 1 aromatic carbocycles. The minimum atomic E-state index is -0.242. The molecule has 4 aliphatic rings. The number of halogens is 1. The second-order valence-corrected chi connectivity index (χ2v) is 11.6. The summed E-state index contributed by atoms with van der Waals surface area (Å²) < 4.78 is 1.49. The molecule has 0 heterocycles. The molecule has 123 valence electrons. The Balaban J connectivity index is 1.60. The average Bonchev–Trinajstić information content (AvgIpc) is 2.45. The monoisotopic (exact) mass is 394 g/mol. The predicted molar refractivity (Wildman–Crippen MR) is 93.5 cm³/mol. The van der Waals surface area contributed by atoms with E-state index in [-0.39, 0.29) is 26.4 Å². The van der Waals surface area contributed by atoms with Crippen molar-refractivity contribution in [2.75, 3.05) is 0 Å². The first-order valence-corrected chi connectivity index (χ1v) is 11.0. The Bertz CT molecular complexity index is 613. The van der Waals surface area contributed by atoms with Gasteiger partial charge in [-0.05, 0) is 0 Å². The molecular weight excluding hydrogens is 373 g/mol. The molecule has 4 aliphatic carbocycles. The fraction of sp³-hybridized carbons (Fsp3) is 0.667. The van der Waals surface area contributed by atoms with Crippen LogP contribution in [-0.4, -0.2) is 20.7 Å². The van der Waals surface area contributed by atoms with Crippen LogP contribution in [0.3, 0.4) is 0 Å². The standard InChI is InChI=1S/C18H22AsClNO2/c1-11(19-16-7-15(20)2-3-17(16)21(22)23)18-8-12-4-13(9-18)6-14(5-12)10-18/h2-3,7,11-14H,4-6,8-10H2,1H3. The zero-order valence-electron chi connectivity index (χ0n) is 13.4. The van der Waals surface area contributed by atoms with E-state index >= 15 is 0 Å². The van der Waals surface area contributed by atoms with Crippen LogP contribution in [0.25, 0.3) is 0 Å². The van der Waals surface area contributed by atoms with Crippen molar-refractivity contribution in [1.82, 2.24) is 0 Å². The first-order chi connectivity index (χ1) is 10.9. The molecule has 4 bridgehead atoms. The fourth-order valence-corrected chi connectivity index (χ4v) is 9.29. The van der Waals surface area contributed by atoms with Gasteiger partial charge in [-0.15, -0.1) is 0 Å². The Kier molecular flexibility index (Phi) is 4.01. The Labute approximate surface area is 149 Å². The van der Waals surface area contributed by atoms with Crippen LogP contribution in [0.1, 0.15) is 45.4 Å². The summed E-state index contributed by atoms with van der Waals surface area (Å²) in [7, 11) is 0. The topological polar surface area (TPSA) is 43.1 Å². The van der Waals surface area contributed by atoms with Gasteiger partial charge in [-0.25, -0.2) is 0 Å². The summed E-state index contributed by atoms with van der Waals surface area (Å²) in [6.07, 6.45) is 8.43. The van der Waals surface area contributed by atoms with Gasteiger partial charge in [-0.1, -0.05) is 0 Å². The van der Waals surface area contributed by atoms with E-state index in [4.69, 9.17) is 11.6 Å². The van der Waals surface area contributed by atoms with Crippen molar-refractivity contribution >= 4 is 37.4 Å². The van der Waals surface area contributed by atoms with Crippen molar-refractivity contribution in [2.45, 2.75) is 50.2 Å². The van der Waals surface area contributed by atoms with E-state index in [1.165, 1.54) is 38.5 Å². The van der Waals surface area contributed by atoms with Gasteiger partial charge < -0.3 is 0 Å². The molecule has 3 nitrogen and oxygen atoms in total. The van der Waals surface area contributed by atoms with Gasteiger partial charge in [0.25, 0.3) is 0 Å². The summed E-state index contributed by atoms with van der Waals surface area (Å²) in [5.74, 6) is 2.79. The maximum absolute atomic E-state index is 11.3. The minimum absolute atomic E-state index is 0.225. The molecule has 4 saturated carbocycles. The normalized spacial score (nSPS) is 36.7. The Hall–Kier alpha value is -0.532. The van der Waals surface area contributed by atoms with Crippen LogP contribution in [0, 0.1) is 33.3 Å². The predicted octanol–water partition coefficient (Wildman–Crippen LogP) is 4.60. The van der Waals surface area contributed by atoms with E-state index in [9.17, 15) is 10.1 Å². The van der Waals surface area contributed by atoms with Gasteiger partial charge in [0.15, 0.2) is 0 Å². The summed E-state index contributed by atoms with van der Waals surface area (Å²) >= 11 is 5.89. The molecule has 1 unspecified atom stereocenters. The summed E-state index contributed by atoms with van der Waals surface area (Å²) in [4.78, 5) is 11.1. The van der Waals surface area contributed by atoms with Crippen LogP contribution in [0.2, 0.25) is 9.73 Å². The van der Waals surface area contributed by atoms with Gasteiger partial charge in [0, 0.05) is 0 Å².